The number of benzene rings is 3. The monoisotopic (exact) mass is 551 g/mol. The van der Waals surface area contributed by atoms with Crippen molar-refractivity contribution >= 4 is 29.5 Å². The highest BCUT2D eigenvalue weighted by atomic mass is 32.2. The Hall–Kier alpha value is -3.57. The Labute approximate surface area is 228 Å². The molecule has 3 aromatic rings. The average Bonchev–Trinajstić information content (AvgIpc) is 3.19. The molecule has 0 spiro atoms. The van der Waals surface area contributed by atoms with Crippen LogP contribution in [0, 0.1) is 5.82 Å². The maximum absolute atomic E-state index is 13.6. The lowest BCUT2D eigenvalue weighted by Gasteiger charge is -2.47. The van der Waals surface area contributed by atoms with E-state index >= 15 is 0 Å². The number of ether oxygens (including phenoxy) is 3. The van der Waals surface area contributed by atoms with Gasteiger partial charge in [0.1, 0.15) is 29.5 Å². The predicted molar refractivity (Wildman–Crippen MR) is 139 cm³/mol. The number of rotatable bonds is 8. The number of carbonyl (C=O) groups is 3. The summed E-state index contributed by atoms with van der Waals surface area (Å²) < 4.78 is 31.8. The lowest BCUT2D eigenvalue weighted by molar-refractivity contribution is -0.216. The number of nitrogens with zero attached hydrogens (tertiary/aromatic N) is 1. The van der Waals surface area contributed by atoms with E-state index in [1.165, 1.54) is 31.2 Å². The summed E-state index contributed by atoms with van der Waals surface area (Å²) in [6, 6.07) is 20.2. The fraction of sp³-hybridized carbons (Fsp3) is 0.276. The van der Waals surface area contributed by atoms with E-state index in [0.717, 1.165) is 22.2 Å². The van der Waals surface area contributed by atoms with Crippen molar-refractivity contribution in [2.75, 3.05) is 6.61 Å². The van der Waals surface area contributed by atoms with Gasteiger partial charge in [-0.2, -0.15) is 0 Å². The maximum Gasteiger partial charge on any atom is 0.303 e. The van der Waals surface area contributed by atoms with Gasteiger partial charge in [0, 0.05) is 11.8 Å². The summed E-state index contributed by atoms with van der Waals surface area (Å²) in [4.78, 5) is 41.1. The molecule has 2 amide bonds. The summed E-state index contributed by atoms with van der Waals surface area (Å²) >= 11 is 1.12. The number of esters is 1. The van der Waals surface area contributed by atoms with Crippen LogP contribution in [0.15, 0.2) is 83.8 Å². The van der Waals surface area contributed by atoms with Gasteiger partial charge in [-0.25, -0.2) is 4.39 Å². The summed E-state index contributed by atoms with van der Waals surface area (Å²) in [5.41, 5.74) is 0.299. The zero-order chi connectivity index (χ0) is 27.5. The largest absolute Gasteiger partial charge is 0.457 e. The zero-order valence-corrected chi connectivity index (χ0v) is 21.8. The predicted octanol–water partition coefficient (Wildman–Crippen LogP) is 3.82. The minimum absolute atomic E-state index is 0.105. The van der Waals surface area contributed by atoms with Crippen molar-refractivity contribution in [1.82, 2.24) is 4.90 Å². The normalized spacial score (nSPS) is 24.5. The lowest BCUT2D eigenvalue weighted by Crippen LogP contribution is -2.66. The summed E-state index contributed by atoms with van der Waals surface area (Å²) in [6.07, 6.45) is -3.14. The molecule has 0 saturated carbocycles. The van der Waals surface area contributed by atoms with Gasteiger partial charge in [0.15, 0.2) is 6.10 Å². The number of carbonyl (C=O) groups excluding carboxylic acids is 3. The molecule has 0 bridgehead atoms. The van der Waals surface area contributed by atoms with E-state index in [1.54, 1.807) is 24.3 Å². The first-order chi connectivity index (χ1) is 18.9. The molecular weight excluding hydrogens is 525 g/mol. The topological polar surface area (TPSA) is 102 Å². The van der Waals surface area contributed by atoms with Crippen molar-refractivity contribution in [1.29, 1.82) is 0 Å². The molecule has 5 atom stereocenters. The fourth-order valence-electron chi connectivity index (χ4n) is 4.83. The highest BCUT2D eigenvalue weighted by Gasteiger charge is 2.55. The van der Waals surface area contributed by atoms with Gasteiger partial charge in [-0.15, -0.1) is 0 Å². The third-order valence-corrected chi connectivity index (χ3v) is 7.74. The lowest BCUT2D eigenvalue weighted by atomic mass is 9.96. The third kappa shape index (κ3) is 5.60. The number of hydrogen-bond acceptors (Lipinski definition) is 8. The molecule has 1 fully saturated rings. The van der Waals surface area contributed by atoms with Crippen LogP contribution in [-0.2, 0) is 25.6 Å². The molecule has 0 radical (unpaired) electrons. The van der Waals surface area contributed by atoms with E-state index in [-0.39, 0.29) is 17.7 Å². The van der Waals surface area contributed by atoms with Crippen molar-refractivity contribution in [2.45, 2.75) is 48.2 Å². The SMILES string of the molecule is CC(=O)O[C@H]1[C@H](OCc2ccccc2)[C@@H](CO)O[C@@H](Sc2ccc(F)cc2)[C@@H]1N1C(=O)c2ccccc2C1=O. The van der Waals surface area contributed by atoms with E-state index in [0.29, 0.717) is 4.90 Å². The van der Waals surface area contributed by atoms with Gasteiger partial charge in [0.25, 0.3) is 11.8 Å². The molecule has 202 valence electrons. The zero-order valence-electron chi connectivity index (χ0n) is 20.9. The molecule has 0 aliphatic carbocycles. The first-order valence-electron chi connectivity index (χ1n) is 12.4. The summed E-state index contributed by atoms with van der Waals surface area (Å²) in [5.74, 6) is -2.20. The number of hydrogen-bond donors (Lipinski definition) is 1. The molecule has 5 rings (SSSR count). The quantitative estimate of drug-likeness (QED) is 0.333. The third-order valence-electron chi connectivity index (χ3n) is 6.57. The van der Waals surface area contributed by atoms with E-state index < -0.39 is 60.0 Å². The average molecular weight is 552 g/mol. The molecule has 8 nitrogen and oxygen atoms in total. The van der Waals surface area contributed by atoms with Gasteiger partial charge in [0.2, 0.25) is 0 Å². The summed E-state index contributed by atoms with van der Waals surface area (Å²) in [6.45, 7) is 0.847. The van der Waals surface area contributed by atoms with Gasteiger partial charge < -0.3 is 19.3 Å². The van der Waals surface area contributed by atoms with Crippen LogP contribution < -0.4 is 0 Å². The van der Waals surface area contributed by atoms with Gasteiger partial charge in [-0.1, -0.05) is 54.2 Å². The number of amides is 2. The molecule has 2 heterocycles. The Morgan fingerprint density at radius 3 is 2.15 bits per heavy atom. The van der Waals surface area contributed by atoms with Crippen LogP contribution in [0.1, 0.15) is 33.2 Å². The second kappa shape index (κ2) is 11.7. The number of aliphatic hydroxyl groups excluding tert-OH is 1. The number of fused-ring (bicyclic) bond motifs is 1. The van der Waals surface area contributed by atoms with Crippen LogP contribution in [0.5, 0.6) is 0 Å². The number of thioether (sulfide) groups is 1. The number of imide groups is 1. The molecule has 0 unspecified atom stereocenters. The summed E-state index contributed by atoms with van der Waals surface area (Å²) in [5, 5.41) is 10.3. The van der Waals surface area contributed by atoms with Crippen LogP contribution in [0.3, 0.4) is 0 Å². The van der Waals surface area contributed by atoms with E-state index in [2.05, 4.69) is 0 Å². The standard InChI is InChI=1S/C29H26FNO7S/c1-17(33)37-26-24(31-27(34)21-9-5-6-10-22(21)28(31)35)29(39-20-13-11-19(30)12-14-20)38-23(15-32)25(26)36-16-18-7-3-2-4-8-18/h2-14,23-26,29,32H,15-16H2,1H3/t23-,24-,25-,26-,29+/m1/s1. The molecule has 39 heavy (non-hydrogen) atoms. The second-order valence-corrected chi connectivity index (χ2v) is 10.3. The van der Waals surface area contributed by atoms with Crippen molar-refractivity contribution < 1.29 is 38.1 Å². The van der Waals surface area contributed by atoms with Crippen molar-refractivity contribution in [3.8, 4) is 0 Å². The first-order valence-corrected chi connectivity index (χ1v) is 13.2. The van der Waals surface area contributed by atoms with Crippen LogP contribution in [0.2, 0.25) is 0 Å². The van der Waals surface area contributed by atoms with E-state index in [4.69, 9.17) is 14.2 Å². The first kappa shape index (κ1) is 27.0. The molecule has 3 aromatic carbocycles. The highest BCUT2D eigenvalue weighted by Crippen LogP contribution is 2.41. The van der Waals surface area contributed by atoms with Crippen LogP contribution in [0.25, 0.3) is 0 Å². The van der Waals surface area contributed by atoms with Crippen LogP contribution in [0.4, 0.5) is 4.39 Å². The van der Waals surface area contributed by atoms with Gasteiger partial charge in [0.05, 0.1) is 24.3 Å². The van der Waals surface area contributed by atoms with Gasteiger partial charge in [-0.3, -0.25) is 19.3 Å². The van der Waals surface area contributed by atoms with E-state index in [1.807, 2.05) is 30.3 Å². The molecule has 2 aliphatic rings. The minimum Gasteiger partial charge on any atom is -0.457 e. The molecule has 2 aliphatic heterocycles. The molecule has 1 N–H and O–H groups in total. The van der Waals surface area contributed by atoms with Gasteiger partial charge >= 0.3 is 5.97 Å². The Morgan fingerprint density at radius 1 is 0.949 bits per heavy atom. The molecular formula is C29H26FNO7S. The number of halogens is 1. The van der Waals surface area contributed by atoms with Crippen molar-refractivity contribution in [3.05, 3.63) is 101 Å². The van der Waals surface area contributed by atoms with Crippen LogP contribution >= 0.6 is 11.8 Å². The Balaban J connectivity index is 1.55. The Bertz CT molecular complexity index is 1320. The highest BCUT2D eigenvalue weighted by molar-refractivity contribution is 7.99. The Morgan fingerprint density at radius 2 is 1.56 bits per heavy atom. The minimum atomic E-state index is -1.17. The van der Waals surface area contributed by atoms with Gasteiger partial charge in [-0.05, 0) is 42.0 Å². The molecule has 0 aromatic heterocycles. The fourth-order valence-corrected chi connectivity index (χ4v) is 6.00. The molecule has 10 heteroatoms. The van der Waals surface area contributed by atoms with Crippen LogP contribution in [-0.4, -0.2) is 64.2 Å². The van der Waals surface area contributed by atoms with Crippen molar-refractivity contribution in [3.63, 3.8) is 0 Å². The smallest absolute Gasteiger partial charge is 0.303 e. The maximum atomic E-state index is 13.6. The second-order valence-electron chi connectivity index (χ2n) is 9.15. The Kier molecular flexibility index (Phi) is 8.08. The summed E-state index contributed by atoms with van der Waals surface area (Å²) in [7, 11) is 0. The van der Waals surface area contributed by atoms with Crippen molar-refractivity contribution in [2.24, 2.45) is 0 Å². The van der Waals surface area contributed by atoms with E-state index in [9.17, 15) is 23.9 Å². The molecule has 1 saturated heterocycles. The number of aliphatic hydroxyl groups is 1.